The highest BCUT2D eigenvalue weighted by atomic mass is 15.3. The fourth-order valence-corrected chi connectivity index (χ4v) is 2.01. The molecule has 4 nitrogen and oxygen atoms in total. The van der Waals surface area contributed by atoms with E-state index < -0.39 is 0 Å². The van der Waals surface area contributed by atoms with Gasteiger partial charge in [-0.1, -0.05) is 17.7 Å². The Labute approximate surface area is 108 Å². The van der Waals surface area contributed by atoms with Crippen LogP contribution in [-0.2, 0) is 13.0 Å². The van der Waals surface area contributed by atoms with E-state index in [2.05, 4.69) is 58.2 Å². The summed E-state index contributed by atoms with van der Waals surface area (Å²) in [6.45, 7) is 8.01. The van der Waals surface area contributed by atoms with E-state index in [1.165, 1.54) is 5.56 Å². The highest BCUT2D eigenvalue weighted by molar-refractivity contribution is 5.44. The molecule has 0 aliphatic rings. The molecule has 0 unspecified atom stereocenters. The van der Waals surface area contributed by atoms with Gasteiger partial charge in [-0.25, -0.2) is 0 Å². The fraction of sp³-hybridized carbons (Fsp3) is 0.429. The topological polar surface area (TPSA) is 42.7 Å². The fourth-order valence-electron chi connectivity index (χ4n) is 2.01. The smallest absolute Gasteiger partial charge is 0.134 e. The quantitative estimate of drug-likeness (QED) is 0.879. The monoisotopic (exact) mass is 244 g/mol. The van der Waals surface area contributed by atoms with Crippen molar-refractivity contribution < 1.29 is 0 Å². The van der Waals surface area contributed by atoms with E-state index in [-0.39, 0.29) is 0 Å². The van der Waals surface area contributed by atoms with Crippen molar-refractivity contribution in [2.75, 3.05) is 11.9 Å². The van der Waals surface area contributed by atoms with Crippen LogP contribution in [0, 0.1) is 13.8 Å². The largest absolute Gasteiger partial charge is 0.385 e. The Morgan fingerprint density at radius 2 is 1.83 bits per heavy atom. The molecule has 4 heteroatoms. The standard InChI is InChI=1S/C14H20N4/c1-4-18-12(3)16-17-14(18)9-10-15-13-7-5-11(2)6-8-13/h5-8,15H,4,9-10H2,1-3H3. The Balaban J connectivity index is 1.90. The Kier molecular flexibility index (Phi) is 3.97. The maximum Gasteiger partial charge on any atom is 0.134 e. The van der Waals surface area contributed by atoms with Gasteiger partial charge in [0.1, 0.15) is 11.6 Å². The number of hydrogen-bond acceptors (Lipinski definition) is 3. The minimum absolute atomic E-state index is 0.876. The molecule has 0 aliphatic carbocycles. The molecule has 18 heavy (non-hydrogen) atoms. The lowest BCUT2D eigenvalue weighted by Gasteiger charge is -2.08. The van der Waals surface area contributed by atoms with E-state index in [9.17, 15) is 0 Å². The molecule has 0 amide bonds. The van der Waals surface area contributed by atoms with Crippen LogP contribution < -0.4 is 5.32 Å². The van der Waals surface area contributed by atoms with Crippen molar-refractivity contribution in [3.05, 3.63) is 41.5 Å². The summed E-state index contributed by atoms with van der Waals surface area (Å²) in [7, 11) is 0. The van der Waals surface area contributed by atoms with Gasteiger partial charge in [0.25, 0.3) is 0 Å². The van der Waals surface area contributed by atoms with Gasteiger partial charge in [0.2, 0.25) is 0 Å². The number of nitrogens with zero attached hydrogens (tertiary/aromatic N) is 3. The van der Waals surface area contributed by atoms with Crippen LogP contribution in [0.15, 0.2) is 24.3 Å². The van der Waals surface area contributed by atoms with Gasteiger partial charge >= 0.3 is 0 Å². The Morgan fingerprint density at radius 3 is 2.50 bits per heavy atom. The zero-order valence-electron chi connectivity index (χ0n) is 11.3. The van der Waals surface area contributed by atoms with Crippen molar-refractivity contribution in [1.29, 1.82) is 0 Å². The summed E-state index contributed by atoms with van der Waals surface area (Å²) >= 11 is 0. The van der Waals surface area contributed by atoms with Crippen molar-refractivity contribution in [3.8, 4) is 0 Å². The Hall–Kier alpha value is -1.84. The molecule has 2 aromatic rings. The lowest BCUT2D eigenvalue weighted by Crippen LogP contribution is -2.10. The van der Waals surface area contributed by atoms with Gasteiger partial charge in [-0.2, -0.15) is 0 Å². The Bertz CT molecular complexity index is 499. The van der Waals surface area contributed by atoms with Crippen LogP contribution in [0.5, 0.6) is 0 Å². The Morgan fingerprint density at radius 1 is 1.11 bits per heavy atom. The van der Waals surface area contributed by atoms with Gasteiger partial charge in [0, 0.05) is 25.2 Å². The normalized spacial score (nSPS) is 10.6. The molecule has 0 atom stereocenters. The maximum atomic E-state index is 4.20. The molecule has 2 rings (SSSR count). The summed E-state index contributed by atoms with van der Waals surface area (Å²) in [6, 6.07) is 8.43. The molecule has 1 aromatic heterocycles. The van der Waals surface area contributed by atoms with E-state index in [1.807, 2.05) is 6.92 Å². The van der Waals surface area contributed by atoms with Crippen molar-refractivity contribution >= 4 is 5.69 Å². The van der Waals surface area contributed by atoms with Gasteiger partial charge in [-0.15, -0.1) is 10.2 Å². The number of rotatable bonds is 5. The average Bonchev–Trinajstić information content (AvgIpc) is 2.72. The van der Waals surface area contributed by atoms with Crippen LogP contribution in [0.4, 0.5) is 5.69 Å². The second-order valence-corrected chi connectivity index (χ2v) is 4.45. The first-order chi connectivity index (χ1) is 8.70. The van der Waals surface area contributed by atoms with Gasteiger partial charge < -0.3 is 9.88 Å². The third-order valence-electron chi connectivity index (χ3n) is 3.06. The zero-order chi connectivity index (χ0) is 13.0. The molecule has 96 valence electrons. The summed E-state index contributed by atoms with van der Waals surface area (Å²) in [5.41, 5.74) is 2.43. The first-order valence-corrected chi connectivity index (χ1v) is 6.40. The van der Waals surface area contributed by atoms with Crippen molar-refractivity contribution in [2.24, 2.45) is 0 Å². The van der Waals surface area contributed by atoms with E-state index in [1.54, 1.807) is 0 Å². The molecular formula is C14H20N4. The molecule has 0 radical (unpaired) electrons. The molecule has 0 saturated carbocycles. The molecule has 0 spiro atoms. The number of nitrogens with one attached hydrogen (secondary N) is 1. The summed E-state index contributed by atoms with van der Waals surface area (Å²) in [5, 5.41) is 11.7. The summed E-state index contributed by atoms with van der Waals surface area (Å²) in [4.78, 5) is 0. The lowest BCUT2D eigenvalue weighted by atomic mass is 10.2. The predicted molar refractivity (Wildman–Crippen MR) is 73.8 cm³/mol. The van der Waals surface area contributed by atoms with Crippen LogP contribution in [0.2, 0.25) is 0 Å². The number of aromatic nitrogens is 3. The highest BCUT2D eigenvalue weighted by Crippen LogP contribution is 2.09. The third-order valence-corrected chi connectivity index (χ3v) is 3.06. The van der Waals surface area contributed by atoms with E-state index in [0.29, 0.717) is 0 Å². The van der Waals surface area contributed by atoms with Crippen LogP contribution in [0.1, 0.15) is 24.1 Å². The highest BCUT2D eigenvalue weighted by Gasteiger charge is 2.06. The summed E-state index contributed by atoms with van der Waals surface area (Å²) in [6.07, 6.45) is 0.891. The van der Waals surface area contributed by atoms with Crippen LogP contribution in [-0.4, -0.2) is 21.3 Å². The number of hydrogen-bond donors (Lipinski definition) is 1. The van der Waals surface area contributed by atoms with Gasteiger partial charge in [0.15, 0.2) is 0 Å². The summed E-state index contributed by atoms with van der Waals surface area (Å²) < 4.78 is 2.15. The minimum atomic E-state index is 0.876. The first kappa shape index (κ1) is 12.6. The van der Waals surface area contributed by atoms with Gasteiger partial charge in [-0.05, 0) is 32.9 Å². The minimum Gasteiger partial charge on any atom is -0.385 e. The number of anilines is 1. The predicted octanol–water partition coefficient (Wildman–Crippen LogP) is 2.57. The SMILES string of the molecule is CCn1c(C)nnc1CCNc1ccc(C)cc1. The lowest BCUT2D eigenvalue weighted by molar-refractivity contribution is 0.679. The second-order valence-electron chi connectivity index (χ2n) is 4.45. The van der Waals surface area contributed by atoms with Crippen LogP contribution >= 0.6 is 0 Å². The molecule has 0 saturated heterocycles. The summed E-state index contributed by atoms with van der Waals surface area (Å²) in [5.74, 6) is 2.04. The number of benzene rings is 1. The van der Waals surface area contributed by atoms with Crippen molar-refractivity contribution in [3.63, 3.8) is 0 Å². The van der Waals surface area contributed by atoms with E-state index in [0.717, 1.165) is 36.8 Å². The molecule has 0 aliphatic heterocycles. The third kappa shape index (κ3) is 2.88. The number of aryl methyl sites for hydroxylation is 2. The van der Waals surface area contributed by atoms with Crippen molar-refractivity contribution in [2.45, 2.75) is 33.7 Å². The molecular weight excluding hydrogens is 224 g/mol. The molecule has 1 aromatic carbocycles. The molecule has 1 N–H and O–H groups in total. The zero-order valence-corrected chi connectivity index (χ0v) is 11.3. The molecule has 0 bridgehead atoms. The van der Waals surface area contributed by atoms with E-state index in [4.69, 9.17) is 0 Å². The molecule has 1 heterocycles. The average molecular weight is 244 g/mol. The van der Waals surface area contributed by atoms with Crippen molar-refractivity contribution in [1.82, 2.24) is 14.8 Å². The van der Waals surface area contributed by atoms with E-state index >= 15 is 0 Å². The molecule has 0 fully saturated rings. The van der Waals surface area contributed by atoms with Gasteiger partial charge in [0.05, 0.1) is 0 Å². The van der Waals surface area contributed by atoms with Gasteiger partial charge in [-0.3, -0.25) is 0 Å². The maximum absolute atomic E-state index is 4.20. The van der Waals surface area contributed by atoms with Crippen LogP contribution in [0.25, 0.3) is 0 Å². The van der Waals surface area contributed by atoms with Crippen LogP contribution in [0.3, 0.4) is 0 Å². The first-order valence-electron chi connectivity index (χ1n) is 6.40. The second kappa shape index (κ2) is 5.67.